The van der Waals surface area contributed by atoms with Crippen LogP contribution in [0.5, 0.6) is 0 Å². The van der Waals surface area contributed by atoms with Gasteiger partial charge in [-0.25, -0.2) is 4.79 Å². The van der Waals surface area contributed by atoms with Crippen LogP contribution >= 0.6 is 0 Å². The van der Waals surface area contributed by atoms with Crippen molar-refractivity contribution in [2.24, 2.45) is 23.7 Å². The Morgan fingerprint density at radius 3 is 2.21 bits per heavy atom. The molecule has 5 heteroatoms. The van der Waals surface area contributed by atoms with Gasteiger partial charge in [-0.2, -0.15) is 0 Å². The van der Waals surface area contributed by atoms with Crippen LogP contribution in [0.1, 0.15) is 44.1 Å². The number of amides is 2. The molecule has 5 fully saturated rings. The van der Waals surface area contributed by atoms with E-state index in [1.165, 1.54) is 37.7 Å². The third-order valence-electron chi connectivity index (χ3n) is 8.03. The van der Waals surface area contributed by atoms with Crippen molar-refractivity contribution in [3.63, 3.8) is 0 Å². The predicted molar refractivity (Wildman–Crippen MR) is 106 cm³/mol. The van der Waals surface area contributed by atoms with Gasteiger partial charge in [-0.05, 0) is 61.3 Å². The molecule has 0 spiro atoms. The van der Waals surface area contributed by atoms with Gasteiger partial charge in [-0.15, -0.1) is 0 Å². The second-order valence-electron chi connectivity index (χ2n) is 9.46. The van der Waals surface area contributed by atoms with Crippen LogP contribution in [0.4, 0.5) is 4.79 Å². The van der Waals surface area contributed by atoms with Crippen molar-refractivity contribution < 1.29 is 14.3 Å². The molecule has 0 aromatic heterocycles. The molecule has 2 amide bonds. The molecular weight excluding hydrogens is 352 g/mol. The molecule has 4 saturated carbocycles. The molecule has 1 saturated heterocycles. The molecule has 5 aliphatic rings. The van der Waals surface area contributed by atoms with Gasteiger partial charge in [0.2, 0.25) is 5.91 Å². The summed E-state index contributed by atoms with van der Waals surface area (Å²) < 4.78 is 5.27. The molecule has 0 unspecified atom stereocenters. The topological polar surface area (TPSA) is 58.6 Å². The molecule has 0 atom stereocenters. The maximum Gasteiger partial charge on any atom is 0.407 e. The van der Waals surface area contributed by atoms with Crippen LogP contribution in [0.25, 0.3) is 0 Å². The fraction of sp³-hybridized carbons (Fsp3) is 0.652. The highest BCUT2D eigenvalue weighted by atomic mass is 16.6. The largest absolute Gasteiger partial charge is 0.442 e. The normalized spacial score (nSPS) is 36.1. The maximum absolute atomic E-state index is 13.3. The summed E-state index contributed by atoms with van der Waals surface area (Å²) in [6.45, 7) is 1.05. The van der Waals surface area contributed by atoms with Crippen molar-refractivity contribution in [1.82, 2.24) is 10.2 Å². The van der Waals surface area contributed by atoms with Crippen LogP contribution in [0.2, 0.25) is 0 Å². The van der Waals surface area contributed by atoms with Crippen molar-refractivity contribution in [1.29, 1.82) is 0 Å². The first-order chi connectivity index (χ1) is 13.6. The number of ether oxygens (including phenoxy) is 1. The number of hydrogen-bond donors (Lipinski definition) is 1. The number of carbonyl (C=O) groups is 2. The molecule has 6 rings (SSSR count). The molecular formula is C23H30N2O3. The zero-order chi connectivity index (χ0) is 19.3. The van der Waals surface area contributed by atoms with Gasteiger partial charge >= 0.3 is 6.09 Å². The molecule has 150 valence electrons. The number of benzene rings is 1. The lowest BCUT2D eigenvalue weighted by Crippen LogP contribution is -2.60. The van der Waals surface area contributed by atoms with Crippen molar-refractivity contribution in [2.75, 3.05) is 20.1 Å². The molecule has 4 aliphatic carbocycles. The summed E-state index contributed by atoms with van der Waals surface area (Å²) >= 11 is 0. The Balaban J connectivity index is 1.36. The third kappa shape index (κ3) is 2.82. The lowest BCUT2D eigenvalue weighted by molar-refractivity contribution is -0.148. The number of nitrogens with zero attached hydrogens (tertiary/aromatic N) is 1. The Bertz CT molecular complexity index is 728. The van der Waals surface area contributed by atoms with E-state index in [-0.39, 0.29) is 17.4 Å². The minimum Gasteiger partial charge on any atom is -0.442 e. The SMILES string of the molecule is CNC(=O)OC1CN(C(=O)CC2(c3ccccc3)C3CC4CC(C3)CC2C4)C1. The van der Waals surface area contributed by atoms with Gasteiger partial charge in [-0.3, -0.25) is 4.79 Å². The summed E-state index contributed by atoms with van der Waals surface area (Å²) in [4.78, 5) is 26.5. The average Bonchev–Trinajstić information content (AvgIpc) is 2.67. The summed E-state index contributed by atoms with van der Waals surface area (Å²) in [5.41, 5.74) is 1.37. The van der Waals surface area contributed by atoms with E-state index in [0.717, 1.165) is 11.8 Å². The first kappa shape index (κ1) is 18.0. The molecule has 28 heavy (non-hydrogen) atoms. The number of carbonyl (C=O) groups excluding carboxylic acids is 2. The van der Waals surface area contributed by atoms with Gasteiger partial charge in [-0.1, -0.05) is 30.3 Å². The van der Waals surface area contributed by atoms with Gasteiger partial charge < -0.3 is 15.0 Å². The minimum atomic E-state index is -0.418. The molecule has 1 aromatic rings. The standard InChI is InChI=1S/C23H30N2O3/c1-24-22(27)28-20-13-25(14-20)21(26)12-23(17-5-3-2-4-6-17)18-8-15-7-16(10-18)11-19(23)9-15/h2-6,15-16,18-20H,7-14H2,1H3,(H,24,27). The maximum atomic E-state index is 13.3. The Hall–Kier alpha value is -2.04. The zero-order valence-electron chi connectivity index (χ0n) is 16.6. The van der Waals surface area contributed by atoms with Crippen LogP contribution < -0.4 is 5.32 Å². The molecule has 5 nitrogen and oxygen atoms in total. The second kappa shape index (κ2) is 6.78. The Morgan fingerprint density at radius 1 is 1.04 bits per heavy atom. The van der Waals surface area contributed by atoms with E-state index < -0.39 is 6.09 Å². The van der Waals surface area contributed by atoms with Crippen LogP contribution in [-0.4, -0.2) is 43.1 Å². The van der Waals surface area contributed by atoms with E-state index in [1.807, 2.05) is 4.90 Å². The first-order valence-corrected chi connectivity index (χ1v) is 10.8. The number of nitrogens with one attached hydrogen (secondary N) is 1. The highest BCUT2D eigenvalue weighted by molar-refractivity contribution is 5.79. The molecule has 1 aromatic carbocycles. The van der Waals surface area contributed by atoms with Crippen molar-refractivity contribution >= 4 is 12.0 Å². The summed E-state index contributed by atoms with van der Waals surface area (Å²) in [5.74, 6) is 3.25. The fourth-order valence-corrected chi connectivity index (χ4v) is 6.92. The van der Waals surface area contributed by atoms with Gasteiger partial charge in [0.25, 0.3) is 0 Å². The summed E-state index contributed by atoms with van der Waals surface area (Å²) in [6.07, 6.45) is 6.59. The van der Waals surface area contributed by atoms with E-state index >= 15 is 0 Å². The molecule has 0 radical (unpaired) electrons. The van der Waals surface area contributed by atoms with Crippen LogP contribution in [0.15, 0.2) is 30.3 Å². The Labute approximate surface area is 166 Å². The monoisotopic (exact) mass is 382 g/mol. The number of alkyl carbamates (subject to hydrolysis) is 1. The number of rotatable bonds is 4. The van der Waals surface area contributed by atoms with Crippen LogP contribution in [0, 0.1) is 23.7 Å². The molecule has 4 bridgehead atoms. The van der Waals surface area contributed by atoms with E-state index in [0.29, 0.717) is 31.3 Å². The molecule has 1 aliphatic heterocycles. The van der Waals surface area contributed by atoms with Gasteiger partial charge in [0.15, 0.2) is 0 Å². The zero-order valence-corrected chi connectivity index (χ0v) is 16.6. The van der Waals surface area contributed by atoms with Crippen LogP contribution in [0.3, 0.4) is 0 Å². The van der Waals surface area contributed by atoms with E-state index in [4.69, 9.17) is 4.74 Å². The first-order valence-electron chi connectivity index (χ1n) is 10.8. The lowest BCUT2D eigenvalue weighted by atomic mass is 9.43. The second-order valence-corrected chi connectivity index (χ2v) is 9.46. The number of likely N-dealkylation sites (tertiary alicyclic amines) is 1. The summed E-state index contributed by atoms with van der Waals surface area (Å²) in [6, 6.07) is 10.8. The van der Waals surface area contributed by atoms with E-state index in [1.54, 1.807) is 7.05 Å². The summed E-state index contributed by atoms with van der Waals surface area (Å²) in [7, 11) is 1.56. The third-order valence-corrected chi connectivity index (χ3v) is 8.03. The van der Waals surface area contributed by atoms with Crippen molar-refractivity contribution in [2.45, 2.75) is 50.0 Å². The Kier molecular flexibility index (Phi) is 4.37. The number of hydrogen-bond acceptors (Lipinski definition) is 3. The highest BCUT2D eigenvalue weighted by Gasteiger charge is 2.58. The predicted octanol–water partition coefficient (Wildman–Crippen LogP) is 3.34. The van der Waals surface area contributed by atoms with Crippen molar-refractivity contribution in [3.8, 4) is 0 Å². The fourth-order valence-electron chi connectivity index (χ4n) is 6.92. The van der Waals surface area contributed by atoms with Crippen LogP contribution in [-0.2, 0) is 14.9 Å². The van der Waals surface area contributed by atoms with Gasteiger partial charge in [0.1, 0.15) is 6.10 Å². The van der Waals surface area contributed by atoms with E-state index in [2.05, 4.69) is 35.6 Å². The molecule has 1 heterocycles. The average molecular weight is 383 g/mol. The highest BCUT2D eigenvalue weighted by Crippen LogP contribution is 2.64. The summed E-state index contributed by atoms with van der Waals surface area (Å²) in [5, 5.41) is 2.47. The quantitative estimate of drug-likeness (QED) is 0.869. The smallest absolute Gasteiger partial charge is 0.407 e. The lowest BCUT2D eigenvalue weighted by Gasteiger charge is -2.62. The van der Waals surface area contributed by atoms with Gasteiger partial charge in [0, 0.05) is 18.9 Å². The van der Waals surface area contributed by atoms with Gasteiger partial charge in [0.05, 0.1) is 13.1 Å². The van der Waals surface area contributed by atoms with E-state index in [9.17, 15) is 9.59 Å². The Morgan fingerprint density at radius 2 is 1.64 bits per heavy atom. The molecule has 1 N–H and O–H groups in total. The minimum absolute atomic E-state index is 0.00149. The van der Waals surface area contributed by atoms with Crippen molar-refractivity contribution in [3.05, 3.63) is 35.9 Å².